The third-order valence-corrected chi connectivity index (χ3v) is 6.34. The van der Waals surface area contributed by atoms with Gasteiger partial charge in [-0.15, -0.1) is 0 Å². The van der Waals surface area contributed by atoms with Crippen molar-refractivity contribution in [2.75, 3.05) is 20.3 Å². The summed E-state index contributed by atoms with van der Waals surface area (Å²) in [7, 11) is 1.58. The molecule has 1 aliphatic heterocycles. The molecule has 3 aromatic carbocycles. The van der Waals surface area contributed by atoms with Gasteiger partial charge in [0.1, 0.15) is 18.1 Å². The zero-order chi connectivity index (χ0) is 25.7. The highest BCUT2D eigenvalue weighted by molar-refractivity contribution is 6.46. The number of ether oxygens (including phenoxy) is 2. The van der Waals surface area contributed by atoms with E-state index < -0.39 is 17.7 Å². The monoisotopic (exact) mass is 505 g/mol. The molecule has 1 aliphatic rings. The number of hydrogen-bond acceptors (Lipinski definition) is 5. The molecular formula is C29H28ClNO5. The second kappa shape index (κ2) is 11.4. The van der Waals surface area contributed by atoms with Gasteiger partial charge in [0.2, 0.25) is 0 Å². The van der Waals surface area contributed by atoms with E-state index in [4.69, 9.17) is 21.1 Å². The van der Waals surface area contributed by atoms with E-state index in [1.165, 1.54) is 4.90 Å². The van der Waals surface area contributed by atoms with Gasteiger partial charge in [0.15, 0.2) is 0 Å². The fourth-order valence-electron chi connectivity index (χ4n) is 4.31. The van der Waals surface area contributed by atoms with Crippen LogP contribution in [0.2, 0.25) is 5.02 Å². The highest BCUT2D eigenvalue weighted by atomic mass is 35.5. The molecule has 6 nitrogen and oxygen atoms in total. The molecule has 1 amide bonds. The first-order chi connectivity index (χ1) is 17.4. The molecule has 3 aromatic rings. The summed E-state index contributed by atoms with van der Waals surface area (Å²) >= 11 is 6.06. The molecule has 7 heteroatoms. The Morgan fingerprint density at radius 2 is 1.75 bits per heavy atom. The van der Waals surface area contributed by atoms with Gasteiger partial charge in [0.05, 0.1) is 11.6 Å². The minimum absolute atomic E-state index is 0.0492. The normalized spacial score (nSPS) is 17.0. The zero-order valence-corrected chi connectivity index (χ0v) is 21.0. The van der Waals surface area contributed by atoms with Crippen LogP contribution >= 0.6 is 11.6 Å². The fraction of sp³-hybridized carbons (Fsp3) is 0.241. The number of aliphatic hydroxyl groups excluding tert-OH is 1. The van der Waals surface area contributed by atoms with Crippen LogP contribution < -0.4 is 4.74 Å². The van der Waals surface area contributed by atoms with Crippen molar-refractivity contribution in [3.05, 3.63) is 106 Å². The predicted molar refractivity (Wildman–Crippen MR) is 139 cm³/mol. The summed E-state index contributed by atoms with van der Waals surface area (Å²) in [4.78, 5) is 27.5. The lowest BCUT2D eigenvalue weighted by Crippen LogP contribution is -2.31. The summed E-state index contributed by atoms with van der Waals surface area (Å²) in [6.45, 7) is 3.20. The van der Waals surface area contributed by atoms with E-state index in [-0.39, 0.29) is 11.3 Å². The molecule has 0 unspecified atom stereocenters. The molecule has 4 rings (SSSR count). The Morgan fingerprint density at radius 3 is 2.42 bits per heavy atom. The number of aliphatic hydroxyl groups is 1. The van der Waals surface area contributed by atoms with Crippen molar-refractivity contribution in [3.63, 3.8) is 0 Å². The van der Waals surface area contributed by atoms with Crippen LogP contribution in [0.1, 0.15) is 34.7 Å². The molecule has 1 heterocycles. The third kappa shape index (κ3) is 5.61. The van der Waals surface area contributed by atoms with Gasteiger partial charge in [-0.3, -0.25) is 9.59 Å². The standard InChI is InChI=1S/C29H28ClNO5/c1-19-5-3-6-20(17-19)18-36-24-13-9-22(10-14-24)27(32)25-26(21-7-11-23(30)12-8-21)31(15-4-16-35-2)29(34)28(25)33/h3,5-14,17,26,32H,4,15-16,18H2,1-2H3/b27-25+/t26-/m0/s1. The van der Waals surface area contributed by atoms with E-state index in [2.05, 4.69) is 6.07 Å². The third-order valence-electron chi connectivity index (χ3n) is 6.09. The quantitative estimate of drug-likeness (QED) is 0.175. The largest absolute Gasteiger partial charge is 0.507 e. The van der Waals surface area contributed by atoms with Gasteiger partial charge in [-0.05, 0) is 60.9 Å². The smallest absolute Gasteiger partial charge is 0.295 e. The highest BCUT2D eigenvalue weighted by Gasteiger charge is 2.45. The Labute approximate surface area is 215 Å². The minimum Gasteiger partial charge on any atom is -0.507 e. The maximum atomic E-state index is 13.1. The number of carbonyl (C=O) groups excluding carboxylic acids is 2. The number of ketones is 1. The first kappa shape index (κ1) is 25.5. The van der Waals surface area contributed by atoms with Gasteiger partial charge >= 0.3 is 0 Å². The number of halogens is 1. The molecule has 0 radical (unpaired) electrons. The number of aryl methyl sites for hydroxylation is 1. The topological polar surface area (TPSA) is 76.1 Å². The molecule has 0 bridgehead atoms. The van der Waals surface area contributed by atoms with Crippen LogP contribution in [-0.4, -0.2) is 42.0 Å². The summed E-state index contributed by atoms with van der Waals surface area (Å²) in [5.41, 5.74) is 3.37. The number of Topliss-reactive ketones (excluding diaryl/α,β-unsaturated/α-hetero) is 1. The number of rotatable bonds is 9. The summed E-state index contributed by atoms with van der Waals surface area (Å²) < 4.78 is 11.0. The van der Waals surface area contributed by atoms with Gasteiger partial charge < -0.3 is 19.5 Å². The first-order valence-electron chi connectivity index (χ1n) is 11.7. The lowest BCUT2D eigenvalue weighted by atomic mass is 9.95. The maximum absolute atomic E-state index is 13.1. The number of hydrogen-bond donors (Lipinski definition) is 1. The molecule has 186 valence electrons. The number of likely N-dealkylation sites (tertiary alicyclic amines) is 1. The lowest BCUT2D eigenvalue weighted by Gasteiger charge is -2.25. The van der Waals surface area contributed by atoms with Crippen molar-refractivity contribution in [1.82, 2.24) is 4.90 Å². The Balaban J connectivity index is 1.62. The number of nitrogens with zero attached hydrogens (tertiary/aromatic N) is 1. The van der Waals surface area contributed by atoms with Crippen molar-refractivity contribution in [1.29, 1.82) is 0 Å². The van der Waals surface area contributed by atoms with E-state index in [9.17, 15) is 14.7 Å². The molecule has 0 aromatic heterocycles. The summed E-state index contributed by atoms with van der Waals surface area (Å²) in [6, 6.07) is 21.1. The van der Waals surface area contributed by atoms with E-state index in [1.807, 2.05) is 25.1 Å². The van der Waals surface area contributed by atoms with Gasteiger partial charge in [-0.25, -0.2) is 0 Å². The van der Waals surface area contributed by atoms with Crippen molar-refractivity contribution < 1.29 is 24.2 Å². The van der Waals surface area contributed by atoms with E-state index in [0.29, 0.717) is 48.1 Å². The van der Waals surface area contributed by atoms with E-state index in [1.54, 1.807) is 55.6 Å². The molecule has 1 fully saturated rings. The minimum atomic E-state index is -0.726. The molecule has 1 N–H and O–H groups in total. The van der Waals surface area contributed by atoms with Gasteiger partial charge in [-0.2, -0.15) is 0 Å². The molecule has 1 saturated heterocycles. The number of methoxy groups -OCH3 is 1. The van der Waals surface area contributed by atoms with Crippen molar-refractivity contribution >= 4 is 29.1 Å². The molecule has 0 spiro atoms. The summed E-state index contributed by atoms with van der Waals surface area (Å²) in [6.07, 6.45) is 0.556. The van der Waals surface area contributed by atoms with E-state index in [0.717, 1.165) is 11.1 Å². The van der Waals surface area contributed by atoms with Crippen LogP contribution in [-0.2, 0) is 20.9 Å². The second-order valence-electron chi connectivity index (χ2n) is 8.69. The molecule has 1 atom stereocenters. The van der Waals surface area contributed by atoms with Gasteiger partial charge in [-0.1, -0.05) is 53.6 Å². The van der Waals surface area contributed by atoms with Crippen molar-refractivity contribution in [2.45, 2.75) is 26.0 Å². The predicted octanol–water partition coefficient (Wildman–Crippen LogP) is 5.69. The Bertz CT molecular complexity index is 1270. The lowest BCUT2D eigenvalue weighted by molar-refractivity contribution is -0.140. The molecule has 36 heavy (non-hydrogen) atoms. The van der Waals surface area contributed by atoms with Crippen LogP contribution in [0.5, 0.6) is 5.75 Å². The first-order valence-corrected chi connectivity index (χ1v) is 12.1. The van der Waals surface area contributed by atoms with Crippen LogP contribution in [0.25, 0.3) is 5.76 Å². The average Bonchev–Trinajstić information content (AvgIpc) is 3.13. The number of benzene rings is 3. The summed E-state index contributed by atoms with van der Waals surface area (Å²) in [5, 5.41) is 11.7. The zero-order valence-electron chi connectivity index (χ0n) is 20.2. The number of carbonyl (C=O) groups is 2. The van der Waals surface area contributed by atoms with Crippen LogP contribution in [0.15, 0.2) is 78.4 Å². The van der Waals surface area contributed by atoms with Crippen LogP contribution in [0.4, 0.5) is 0 Å². The van der Waals surface area contributed by atoms with Crippen LogP contribution in [0.3, 0.4) is 0 Å². The summed E-state index contributed by atoms with van der Waals surface area (Å²) in [5.74, 6) is -0.967. The fourth-order valence-corrected chi connectivity index (χ4v) is 4.44. The SMILES string of the molecule is COCCCN1C(=O)C(=O)/C(=C(/O)c2ccc(OCc3cccc(C)c3)cc2)[C@@H]1c1ccc(Cl)cc1. The average molecular weight is 506 g/mol. The maximum Gasteiger partial charge on any atom is 0.295 e. The second-order valence-corrected chi connectivity index (χ2v) is 9.13. The molecule has 0 aliphatic carbocycles. The van der Waals surface area contributed by atoms with Gasteiger partial charge in [0.25, 0.3) is 11.7 Å². The highest BCUT2D eigenvalue weighted by Crippen LogP contribution is 2.40. The van der Waals surface area contributed by atoms with Gasteiger partial charge in [0, 0.05) is 30.8 Å². The Morgan fingerprint density at radius 1 is 1.03 bits per heavy atom. The molecule has 0 saturated carbocycles. The number of amides is 1. The Kier molecular flexibility index (Phi) is 8.08. The van der Waals surface area contributed by atoms with Crippen molar-refractivity contribution in [2.24, 2.45) is 0 Å². The van der Waals surface area contributed by atoms with E-state index >= 15 is 0 Å². The Hall–Kier alpha value is -3.61. The molecular weight excluding hydrogens is 478 g/mol. The van der Waals surface area contributed by atoms with Crippen molar-refractivity contribution in [3.8, 4) is 5.75 Å². The van der Waals surface area contributed by atoms with Crippen LogP contribution in [0, 0.1) is 6.92 Å².